The maximum atomic E-state index is 5.78. The number of imidazole rings is 1. The summed E-state index contributed by atoms with van der Waals surface area (Å²) < 4.78 is 8.00. The molecule has 0 aliphatic carbocycles. The summed E-state index contributed by atoms with van der Waals surface area (Å²) in [5, 5.41) is 0. The molecule has 4 heterocycles. The van der Waals surface area contributed by atoms with Gasteiger partial charge in [0.25, 0.3) is 0 Å². The third-order valence-electron chi connectivity index (χ3n) is 5.75. The van der Waals surface area contributed by atoms with Gasteiger partial charge in [-0.3, -0.25) is 14.3 Å². The molecule has 3 aromatic rings. The highest BCUT2D eigenvalue weighted by Crippen LogP contribution is 2.34. The van der Waals surface area contributed by atoms with E-state index in [1.54, 1.807) is 0 Å². The van der Waals surface area contributed by atoms with Crippen LogP contribution in [0.25, 0.3) is 5.65 Å². The smallest absolute Gasteiger partial charge is 0.142 e. The first-order chi connectivity index (χ1) is 14.6. The van der Waals surface area contributed by atoms with E-state index < -0.39 is 0 Å². The molecule has 1 aliphatic heterocycles. The van der Waals surface area contributed by atoms with Gasteiger partial charge in [-0.15, -0.1) is 0 Å². The number of nitrogens with zero attached hydrogens (tertiary/aromatic N) is 6. The van der Waals surface area contributed by atoms with E-state index in [0.717, 1.165) is 62.0 Å². The molecule has 0 saturated carbocycles. The molecule has 7 heteroatoms. The van der Waals surface area contributed by atoms with Crippen LogP contribution < -0.4 is 9.64 Å². The van der Waals surface area contributed by atoms with Crippen LogP contribution >= 0.6 is 0 Å². The third-order valence-corrected chi connectivity index (χ3v) is 5.75. The molecule has 1 aliphatic rings. The Morgan fingerprint density at radius 2 is 2.00 bits per heavy atom. The van der Waals surface area contributed by atoms with Crippen molar-refractivity contribution in [3.63, 3.8) is 0 Å². The molecule has 1 atom stereocenters. The van der Waals surface area contributed by atoms with Crippen molar-refractivity contribution in [2.24, 2.45) is 0 Å². The summed E-state index contributed by atoms with van der Waals surface area (Å²) >= 11 is 0. The Hall–Kier alpha value is -2.64. The van der Waals surface area contributed by atoms with Crippen molar-refractivity contribution in [2.45, 2.75) is 25.9 Å². The fraction of sp³-hybridized carbons (Fsp3) is 0.478. The van der Waals surface area contributed by atoms with Crippen LogP contribution in [-0.2, 0) is 6.54 Å². The Bertz CT molecular complexity index is 985. The predicted octanol–water partition coefficient (Wildman–Crippen LogP) is 3.07. The van der Waals surface area contributed by atoms with Gasteiger partial charge in [-0.05, 0) is 52.3 Å². The molecule has 0 fully saturated rings. The van der Waals surface area contributed by atoms with Gasteiger partial charge in [0.05, 0.1) is 24.0 Å². The minimum absolute atomic E-state index is 0.242. The van der Waals surface area contributed by atoms with Crippen molar-refractivity contribution >= 4 is 11.5 Å². The second-order valence-corrected chi connectivity index (χ2v) is 8.18. The average Bonchev–Trinajstić information content (AvgIpc) is 3.16. The number of fused-ring (bicyclic) bond motifs is 2. The maximum absolute atomic E-state index is 5.78. The third kappa shape index (κ3) is 4.27. The highest BCUT2D eigenvalue weighted by molar-refractivity contribution is 5.52. The van der Waals surface area contributed by atoms with Crippen LogP contribution in [0.2, 0.25) is 0 Å². The molecule has 0 unspecified atom stereocenters. The largest absolute Gasteiger partial charge is 0.492 e. The van der Waals surface area contributed by atoms with Crippen molar-refractivity contribution in [3.05, 3.63) is 54.1 Å². The lowest BCUT2D eigenvalue weighted by molar-refractivity contribution is 0.155. The summed E-state index contributed by atoms with van der Waals surface area (Å²) in [6.45, 7) is 6.66. The van der Waals surface area contributed by atoms with Gasteiger partial charge in [-0.25, -0.2) is 4.98 Å². The number of pyridine rings is 2. The molecule has 0 amide bonds. The van der Waals surface area contributed by atoms with Gasteiger partial charge in [0, 0.05) is 45.0 Å². The zero-order chi connectivity index (χ0) is 21.1. The van der Waals surface area contributed by atoms with Gasteiger partial charge in [-0.1, -0.05) is 6.07 Å². The molecule has 30 heavy (non-hydrogen) atoms. The van der Waals surface area contributed by atoms with Gasteiger partial charge in [0.1, 0.15) is 17.2 Å². The average molecular weight is 409 g/mol. The topological polar surface area (TPSA) is 49.1 Å². The molecular weight excluding hydrogens is 376 g/mol. The van der Waals surface area contributed by atoms with E-state index in [1.807, 2.05) is 18.3 Å². The molecule has 7 nitrogen and oxygen atoms in total. The fourth-order valence-electron chi connectivity index (χ4n) is 4.12. The first-order valence-electron chi connectivity index (χ1n) is 10.7. The van der Waals surface area contributed by atoms with Crippen LogP contribution in [0.4, 0.5) is 5.82 Å². The van der Waals surface area contributed by atoms with Crippen LogP contribution in [0, 0.1) is 0 Å². The molecule has 0 bridgehead atoms. The number of rotatable bonds is 8. The molecule has 0 radical (unpaired) electrons. The first-order valence-corrected chi connectivity index (χ1v) is 10.7. The van der Waals surface area contributed by atoms with Gasteiger partial charge in [0.15, 0.2) is 0 Å². The summed E-state index contributed by atoms with van der Waals surface area (Å²) in [7, 11) is 6.38. The first kappa shape index (κ1) is 20.6. The Balaban J connectivity index is 1.56. The lowest BCUT2D eigenvalue weighted by Gasteiger charge is -2.31. The quantitative estimate of drug-likeness (QED) is 0.571. The molecule has 160 valence electrons. The Morgan fingerprint density at radius 1 is 1.13 bits per heavy atom. The van der Waals surface area contributed by atoms with Gasteiger partial charge < -0.3 is 14.5 Å². The summed E-state index contributed by atoms with van der Waals surface area (Å²) in [6, 6.07) is 10.5. The van der Waals surface area contributed by atoms with E-state index in [2.05, 4.69) is 76.5 Å². The number of hydrogen-bond donors (Lipinski definition) is 0. The standard InChI is InChI=1S/C23H32N6O/c1-5-28(14-13-26(2)3)22-10-6-9-21-25-18(17-29(21)22)16-27(4)19-11-15-30-20-8-7-12-24-23(19)20/h6-10,12,17,19H,5,11,13-16H2,1-4H3/t19-/m0/s1. The molecule has 0 saturated heterocycles. The minimum Gasteiger partial charge on any atom is -0.492 e. The summed E-state index contributed by atoms with van der Waals surface area (Å²) in [5.41, 5.74) is 3.08. The lowest BCUT2D eigenvalue weighted by atomic mass is 10.1. The Morgan fingerprint density at radius 3 is 2.80 bits per heavy atom. The van der Waals surface area contributed by atoms with Gasteiger partial charge in [-0.2, -0.15) is 0 Å². The Kier molecular flexibility index (Phi) is 6.20. The fourth-order valence-corrected chi connectivity index (χ4v) is 4.12. The lowest BCUT2D eigenvalue weighted by Crippen LogP contribution is -2.32. The van der Waals surface area contributed by atoms with Crippen LogP contribution in [0.5, 0.6) is 5.75 Å². The monoisotopic (exact) mass is 408 g/mol. The van der Waals surface area contributed by atoms with E-state index in [-0.39, 0.29) is 6.04 Å². The van der Waals surface area contributed by atoms with Crippen LogP contribution in [0.3, 0.4) is 0 Å². The van der Waals surface area contributed by atoms with Crippen molar-refractivity contribution in [3.8, 4) is 5.75 Å². The maximum Gasteiger partial charge on any atom is 0.142 e. The number of hydrogen-bond acceptors (Lipinski definition) is 6. The highest BCUT2D eigenvalue weighted by Gasteiger charge is 2.26. The summed E-state index contributed by atoms with van der Waals surface area (Å²) in [6.07, 6.45) is 4.96. The van der Waals surface area contributed by atoms with Crippen LogP contribution in [0.15, 0.2) is 42.7 Å². The molecule has 4 rings (SSSR count). The Labute approximate surface area is 178 Å². The van der Waals surface area contributed by atoms with E-state index in [9.17, 15) is 0 Å². The zero-order valence-corrected chi connectivity index (χ0v) is 18.5. The van der Waals surface area contributed by atoms with Gasteiger partial charge >= 0.3 is 0 Å². The van der Waals surface area contributed by atoms with Crippen molar-refractivity contribution in [1.82, 2.24) is 24.2 Å². The normalized spacial score (nSPS) is 16.1. The highest BCUT2D eigenvalue weighted by atomic mass is 16.5. The second-order valence-electron chi connectivity index (χ2n) is 8.18. The van der Waals surface area contributed by atoms with Crippen LogP contribution in [-0.4, -0.2) is 71.6 Å². The van der Waals surface area contributed by atoms with Crippen molar-refractivity contribution in [2.75, 3.05) is 52.3 Å². The number of likely N-dealkylation sites (N-methyl/N-ethyl adjacent to an activating group) is 2. The van der Waals surface area contributed by atoms with E-state index >= 15 is 0 Å². The molecular formula is C23H32N6O. The zero-order valence-electron chi connectivity index (χ0n) is 18.5. The van der Waals surface area contributed by atoms with Gasteiger partial charge in [0.2, 0.25) is 0 Å². The van der Waals surface area contributed by atoms with Crippen LogP contribution in [0.1, 0.15) is 30.8 Å². The molecule has 0 N–H and O–H groups in total. The van der Waals surface area contributed by atoms with E-state index in [1.165, 1.54) is 5.82 Å². The number of anilines is 1. The summed E-state index contributed by atoms with van der Waals surface area (Å²) in [4.78, 5) is 16.5. The van der Waals surface area contributed by atoms with E-state index in [0.29, 0.717) is 0 Å². The van der Waals surface area contributed by atoms with Crippen molar-refractivity contribution in [1.29, 1.82) is 0 Å². The summed E-state index contributed by atoms with van der Waals surface area (Å²) in [5.74, 6) is 2.09. The number of aromatic nitrogens is 3. The predicted molar refractivity (Wildman–Crippen MR) is 120 cm³/mol. The molecule has 3 aromatic heterocycles. The SMILES string of the molecule is CCN(CCN(C)C)c1cccc2nc(CN(C)[C@H]3CCOc4cccnc43)cn12. The molecule has 0 spiro atoms. The minimum atomic E-state index is 0.242. The second kappa shape index (κ2) is 9.02. The molecule has 0 aromatic carbocycles. The number of ether oxygens (including phenoxy) is 1. The van der Waals surface area contributed by atoms with Crippen molar-refractivity contribution < 1.29 is 4.74 Å². The van der Waals surface area contributed by atoms with E-state index in [4.69, 9.17) is 9.72 Å².